The molecule has 2 unspecified atom stereocenters. The Kier molecular flexibility index (Phi) is 10.1. The van der Waals surface area contributed by atoms with Crippen molar-refractivity contribution in [3.63, 3.8) is 0 Å². The van der Waals surface area contributed by atoms with Crippen LogP contribution in [0.1, 0.15) is 72.6 Å². The minimum Gasteiger partial charge on any atom is -0.317 e. The van der Waals surface area contributed by atoms with Crippen molar-refractivity contribution in [2.45, 2.75) is 78.7 Å². The Morgan fingerprint density at radius 3 is 1.94 bits per heavy atom. The second-order valence-electron chi connectivity index (χ2n) is 5.54. The highest BCUT2D eigenvalue weighted by molar-refractivity contribution is 4.73. The van der Waals surface area contributed by atoms with Gasteiger partial charge in [-0.1, -0.05) is 59.3 Å². The predicted octanol–water partition coefficient (Wildman–Crippen LogP) is 4.62. The molecule has 1 N–H and O–H groups in total. The molecule has 0 heterocycles. The summed E-state index contributed by atoms with van der Waals surface area (Å²) in [6.07, 6.45) is 9.88. The third-order valence-corrected chi connectivity index (χ3v) is 3.84. The van der Waals surface area contributed by atoms with Crippen LogP contribution < -0.4 is 5.32 Å². The van der Waals surface area contributed by atoms with Gasteiger partial charge >= 0.3 is 0 Å². The lowest BCUT2D eigenvalue weighted by molar-refractivity contribution is 0.275. The molecule has 2 atom stereocenters. The maximum absolute atomic E-state index is 3.41. The Labute approximate surface area is 103 Å². The summed E-state index contributed by atoms with van der Waals surface area (Å²) < 4.78 is 0. The van der Waals surface area contributed by atoms with Gasteiger partial charge in [-0.15, -0.1) is 0 Å². The second-order valence-corrected chi connectivity index (χ2v) is 5.54. The summed E-state index contributed by atoms with van der Waals surface area (Å²) in [7, 11) is 2.08. The smallest absolute Gasteiger partial charge is 0.00664 e. The Hall–Kier alpha value is -0.0400. The molecule has 0 aromatic carbocycles. The summed E-state index contributed by atoms with van der Waals surface area (Å²) in [5, 5.41) is 3.41. The highest BCUT2D eigenvalue weighted by Gasteiger charge is 2.18. The van der Waals surface area contributed by atoms with E-state index in [1.165, 1.54) is 44.9 Å². The fourth-order valence-corrected chi connectivity index (χ4v) is 2.54. The van der Waals surface area contributed by atoms with Crippen molar-refractivity contribution in [3.05, 3.63) is 0 Å². The summed E-state index contributed by atoms with van der Waals surface area (Å²) >= 11 is 0. The van der Waals surface area contributed by atoms with Gasteiger partial charge in [0.2, 0.25) is 0 Å². The number of hydrogen-bond donors (Lipinski definition) is 1. The molecule has 0 aromatic rings. The van der Waals surface area contributed by atoms with Gasteiger partial charge in [0.05, 0.1) is 0 Å². The van der Waals surface area contributed by atoms with Gasteiger partial charge in [0, 0.05) is 6.04 Å². The van der Waals surface area contributed by atoms with Crippen molar-refractivity contribution in [1.29, 1.82) is 0 Å². The largest absolute Gasteiger partial charge is 0.317 e. The lowest BCUT2D eigenvalue weighted by Gasteiger charge is -2.27. The van der Waals surface area contributed by atoms with E-state index in [4.69, 9.17) is 0 Å². The van der Waals surface area contributed by atoms with Gasteiger partial charge in [-0.3, -0.25) is 0 Å². The highest BCUT2D eigenvalue weighted by Crippen LogP contribution is 2.22. The van der Waals surface area contributed by atoms with Crippen molar-refractivity contribution in [3.8, 4) is 0 Å². The lowest BCUT2D eigenvalue weighted by Crippen LogP contribution is -2.33. The van der Waals surface area contributed by atoms with Gasteiger partial charge in [0.15, 0.2) is 0 Å². The van der Waals surface area contributed by atoms with Crippen molar-refractivity contribution in [2.75, 3.05) is 7.05 Å². The monoisotopic (exact) mass is 227 g/mol. The molecule has 0 aliphatic carbocycles. The van der Waals surface area contributed by atoms with Crippen LogP contribution in [-0.4, -0.2) is 13.1 Å². The van der Waals surface area contributed by atoms with Crippen LogP contribution in [0.2, 0.25) is 0 Å². The van der Waals surface area contributed by atoms with E-state index < -0.39 is 0 Å². The fraction of sp³-hybridized carbons (Fsp3) is 1.00. The molecule has 0 radical (unpaired) electrons. The molecular formula is C15H33N. The van der Waals surface area contributed by atoms with Gasteiger partial charge in [-0.05, 0) is 32.2 Å². The first-order valence-corrected chi connectivity index (χ1v) is 7.30. The average Bonchev–Trinajstić information content (AvgIpc) is 2.26. The first-order valence-electron chi connectivity index (χ1n) is 7.30. The molecule has 0 aromatic heterocycles. The zero-order valence-corrected chi connectivity index (χ0v) is 12.2. The minimum atomic E-state index is 0.663. The summed E-state index contributed by atoms with van der Waals surface area (Å²) in [6.45, 7) is 9.32. The molecule has 0 aliphatic heterocycles. The van der Waals surface area contributed by atoms with Crippen LogP contribution in [0, 0.1) is 11.8 Å². The van der Waals surface area contributed by atoms with Crippen LogP contribution in [0.3, 0.4) is 0 Å². The van der Waals surface area contributed by atoms with E-state index >= 15 is 0 Å². The maximum atomic E-state index is 3.41. The quantitative estimate of drug-likeness (QED) is 0.537. The molecule has 0 bridgehead atoms. The van der Waals surface area contributed by atoms with Gasteiger partial charge in [0.1, 0.15) is 0 Å². The summed E-state index contributed by atoms with van der Waals surface area (Å²) in [6, 6.07) is 0.663. The van der Waals surface area contributed by atoms with Crippen LogP contribution in [0.4, 0.5) is 0 Å². The van der Waals surface area contributed by atoms with E-state index in [0.29, 0.717) is 6.04 Å². The number of unbranched alkanes of at least 4 members (excludes halogenated alkanes) is 5. The fourth-order valence-electron chi connectivity index (χ4n) is 2.54. The van der Waals surface area contributed by atoms with Gasteiger partial charge < -0.3 is 5.32 Å². The minimum absolute atomic E-state index is 0.663. The average molecular weight is 227 g/mol. The molecule has 0 rings (SSSR count). The van der Waals surface area contributed by atoms with E-state index in [0.717, 1.165) is 11.8 Å². The third-order valence-electron chi connectivity index (χ3n) is 3.84. The molecule has 1 nitrogen and oxygen atoms in total. The molecule has 0 aliphatic rings. The molecule has 0 saturated heterocycles. The zero-order valence-electron chi connectivity index (χ0n) is 12.2. The number of hydrogen-bond acceptors (Lipinski definition) is 1. The first-order chi connectivity index (χ1) is 7.63. The van der Waals surface area contributed by atoms with Crippen molar-refractivity contribution in [1.82, 2.24) is 5.32 Å². The molecule has 16 heavy (non-hydrogen) atoms. The molecular weight excluding hydrogens is 194 g/mol. The van der Waals surface area contributed by atoms with Crippen LogP contribution in [0.5, 0.6) is 0 Å². The van der Waals surface area contributed by atoms with Gasteiger partial charge in [-0.25, -0.2) is 0 Å². The molecule has 1 heteroatoms. The van der Waals surface area contributed by atoms with Crippen LogP contribution in [0.15, 0.2) is 0 Å². The summed E-state index contributed by atoms with van der Waals surface area (Å²) in [5.74, 6) is 1.65. The van der Waals surface area contributed by atoms with Crippen molar-refractivity contribution in [2.24, 2.45) is 11.8 Å². The lowest BCUT2D eigenvalue weighted by atomic mass is 9.85. The normalized spacial score (nSPS) is 15.4. The van der Waals surface area contributed by atoms with Crippen molar-refractivity contribution < 1.29 is 0 Å². The van der Waals surface area contributed by atoms with Crippen molar-refractivity contribution >= 4 is 0 Å². The molecule has 98 valence electrons. The Morgan fingerprint density at radius 2 is 1.44 bits per heavy atom. The third kappa shape index (κ3) is 7.27. The van der Waals surface area contributed by atoms with E-state index in [-0.39, 0.29) is 0 Å². The first kappa shape index (κ1) is 16.0. The van der Waals surface area contributed by atoms with Crippen LogP contribution >= 0.6 is 0 Å². The van der Waals surface area contributed by atoms with E-state index in [9.17, 15) is 0 Å². The highest BCUT2D eigenvalue weighted by atomic mass is 14.9. The van der Waals surface area contributed by atoms with E-state index in [2.05, 4.69) is 40.1 Å². The Morgan fingerprint density at radius 1 is 0.875 bits per heavy atom. The topological polar surface area (TPSA) is 12.0 Å². The van der Waals surface area contributed by atoms with E-state index in [1.54, 1.807) is 0 Å². The maximum Gasteiger partial charge on any atom is 0.00664 e. The Bertz CT molecular complexity index is 142. The zero-order chi connectivity index (χ0) is 12.4. The standard InChI is InChI=1S/C15H33N/c1-6-7-8-9-10-11-12-15(13(2)3)14(4)16-5/h13-16H,6-12H2,1-5H3. The number of nitrogens with one attached hydrogen (secondary N) is 1. The second kappa shape index (κ2) is 10.1. The molecule has 0 fully saturated rings. The molecule has 0 amide bonds. The Balaban J connectivity index is 3.61. The van der Waals surface area contributed by atoms with Gasteiger partial charge in [-0.2, -0.15) is 0 Å². The van der Waals surface area contributed by atoms with Gasteiger partial charge in [0.25, 0.3) is 0 Å². The predicted molar refractivity (Wildman–Crippen MR) is 74.8 cm³/mol. The summed E-state index contributed by atoms with van der Waals surface area (Å²) in [5.41, 5.74) is 0. The van der Waals surface area contributed by atoms with Crippen LogP contribution in [0.25, 0.3) is 0 Å². The van der Waals surface area contributed by atoms with Crippen LogP contribution in [-0.2, 0) is 0 Å². The van der Waals surface area contributed by atoms with E-state index in [1.807, 2.05) is 0 Å². The SMILES string of the molecule is CCCCCCCCC(C(C)C)C(C)NC. The number of rotatable bonds is 10. The molecule has 0 saturated carbocycles. The molecule has 0 spiro atoms. The summed E-state index contributed by atoms with van der Waals surface area (Å²) in [4.78, 5) is 0.